The van der Waals surface area contributed by atoms with Gasteiger partial charge in [0.1, 0.15) is 11.9 Å². The van der Waals surface area contributed by atoms with Crippen molar-refractivity contribution in [1.29, 1.82) is 0 Å². The fourth-order valence-corrected chi connectivity index (χ4v) is 5.48. The van der Waals surface area contributed by atoms with Crippen LogP contribution in [0, 0.1) is 17.8 Å². The molecule has 1 aliphatic rings. The highest BCUT2D eigenvalue weighted by molar-refractivity contribution is 5.89. The van der Waals surface area contributed by atoms with E-state index >= 15 is 0 Å². The van der Waals surface area contributed by atoms with Crippen molar-refractivity contribution in [3.63, 3.8) is 0 Å². The molecule has 1 fully saturated rings. The first kappa shape index (κ1) is 32.2. The van der Waals surface area contributed by atoms with Gasteiger partial charge in [-0.25, -0.2) is 9.59 Å². The molecule has 1 unspecified atom stereocenters. The van der Waals surface area contributed by atoms with Crippen molar-refractivity contribution in [3.8, 4) is 5.75 Å². The Balaban J connectivity index is 1.65. The fourth-order valence-electron chi connectivity index (χ4n) is 5.48. The summed E-state index contributed by atoms with van der Waals surface area (Å²) in [6.45, 7) is 6.37. The Labute approximate surface area is 240 Å². The zero-order chi connectivity index (χ0) is 30.0. The summed E-state index contributed by atoms with van der Waals surface area (Å²) in [5.41, 5.74) is 1.18. The third-order valence-corrected chi connectivity index (χ3v) is 7.69. The second kappa shape index (κ2) is 15.0. The second-order valence-electron chi connectivity index (χ2n) is 11.2. The number of nitrogens with zero attached hydrogens (tertiary/aromatic N) is 1. The van der Waals surface area contributed by atoms with Crippen LogP contribution in [-0.4, -0.2) is 42.9 Å². The van der Waals surface area contributed by atoms with E-state index in [2.05, 4.69) is 25.8 Å². The van der Waals surface area contributed by atoms with Crippen LogP contribution < -0.4 is 4.74 Å². The lowest BCUT2D eigenvalue weighted by atomic mass is 9.75. The number of benzene rings is 1. The van der Waals surface area contributed by atoms with Gasteiger partial charge in [-0.2, -0.15) is 13.2 Å². The highest BCUT2D eigenvalue weighted by atomic mass is 19.4. The lowest BCUT2D eigenvalue weighted by Crippen LogP contribution is -2.35. The number of carbonyl (C=O) groups excluding carboxylic acids is 2. The second-order valence-corrected chi connectivity index (χ2v) is 11.2. The Hall–Kier alpha value is -3.36. The summed E-state index contributed by atoms with van der Waals surface area (Å²) < 4.78 is 56.8. The van der Waals surface area contributed by atoms with Crippen molar-refractivity contribution >= 4 is 18.0 Å². The Bertz CT molecular complexity index is 1160. The molecule has 1 heterocycles. The average Bonchev–Trinajstić information content (AvgIpc) is 2.93. The smallest absolute Gasteiger partial charge is 0.389 e. The van der Waals surface area contributed by atoms with E-state index in [9.17, 15) is 22.8 Å². The van der Waals surface area contributed by atoms with Crippen LogP contribution >= 0.6 is 0 Å². The number of hydrogen-bond donors (Lipinski definition) is 0. The zero-order valence-corrected chi connectivity index (χ0v) is 24.2. The maximum absolute atomic E-state index is 13.5. The summed E-state index contributed by atoms with van der Waals surface area (Å²) in [5.74, 6) is -0.246. The molecular formula is C32H40F3NO5. The van der Waals surface area contributed by atoms with Gasteiger partial charge < -0.3 is 14.2 Å². The minimum absolute atomic E-state index is 0.0291. The fraction of sp³-hybridized carbons (Fsp3) is 0.531. The van der Waals surface area contributed by atoms with Crippen molar-refractivity contribution < 1.29 is 37.0 Å². The Morgan fingerprint density at radius 1 is 1.12 bits per heavy atom. The first-order valence-corrected chi connectivity index (χ1v) is 14.2. The van der Waals surface area contributed by atoms with Gasteiger partial charge in [0.15, 0.2) is 0 Å². The van der Waals surface area contributed by atoms with Crippen molar-refractivity contribution in [2.75, 3.05) is 13.7 Å². The molecule has 224 valence electrons. The van der Waals surface area contributed by atoms with Crippen LogP contribution in [-0.2, 0) is 14.3 Å². The molecule has 0 bridgehead atoms. The molecule has 4 atom stereocenters. The number of pyridine rings is 1. The predicted octanol–water partition coefficient (Wildman–Crippen LogP) is 7.78. The number of methoxy groups -OCH3 is 1. The van der Waals surface area contributed by atoms with Crippen LogP contribution in [0.15, 0.2) is 48.8 Å². The standard InChI is InChI=1S/C32H40F3NO5/c1-21(2)27-13-7-22(3)18-29(27)41-30(37)14-10-25-20-36-16-15-28(25)24(19-32(33,34)35)6-5-17-40-31(38)23-8-11-26(39-4)12-9-23/h8-12,14-16,20-22,24,27,29H,5-7,13,17-19H2,1-4H3/b14-10+/t22-,24?,27+,29-/m1/s1. The molecular weight excluding hydrogens is 535 g/mol. The SMILES string of the molecule is COc1ccc(C(=O)OCCCC(CC(F)(F)F)c2ccncc2/C=C/C(=O)O[C@@H]2C[C@H](C)CC[C@H]2C(C)C)cc1. The highest BCUT2D eigenvalue weighted by Crippen LogP contribution is 2.37. The summed E-state index contributed by atoms with van der Waals surface area (Å²) >= 11 is 0. The Morgan fingerprint density at radius 2 is 1.85 bits per heavy atom. The van der Waals surface area contributed by atoms with E-state index < -0.39 is 30.5 Å². The molecule has 3 rings (SSSR count). The van der Waals surface area contributed by atoms with Crippen LogP contribution in [0.3, 0.4) is 0 Å². The first-order chi connectivity index (χ1) is 19.5. The zero-order valence-electron chi connectivity index (χ0n) is 24.2. The Morgan fingerprint density at radius 3 is 2.51 bits per heavy atom. The van der Waals surface area contributed by atoms with Gasteiger partial charge in [0.25, 0.3) is 0 Å². The van der Waals surface area contributed by atoms with Gasteiger partial charge in [-0.1, -0.05) is 27.2 Å². The molecule has 0 N–H and O–H groups in total. The molecule has 0 aliphatic heterocycles. The van der Waals surface area contributed by atoms with Gasteiger partial charge in [0.2, 0.25) is 0 Å². The van der Waals surface area contributed by atoms with Crippen molar-refractivity contribution in [2.45, 2.75) is 77.5 Å². The quantitative estimate of drug-likeness (QED) is 0.146. The van der Waals surface area contributed by atoms with Crippen LogP contribution in [0.1, 0.15) is 86.7 Å². The highest BCUT2D eigenvalue weighted by Gasteiger charge is 2.34. The average molecular weight is 576 g/mol. The normalized spacial score (nSPS) is 20.1. The van der Waals surface area contributed by atoms with E-state index in [0.29, 0.717) is 34.3 Å². The predicted molar refractivity (Wildman–Crippen MR) is 150 cm³/mol. The minimum Gasteiger partial charge on any atom is -0.497 e. The minimum atomic E-state index is -4.41. The van der Waals surface area contributed by atoms with Crippen molar-refractivity contribution in [1.82, 2.24) is 4.98 Å². The summed E-state index contributed by atoms with van der Waals surface area (Å²) in [6, 6.07) is 7.92. The van der Waals surface area contributed by atoms with Gasteiger partial charge >= 0.3 is 18.1 Å². The number of hydrogen-bond acceptors (Lipinski definition) is 6. The number of alkyl halides is 3. The van der Waals surface area contributed by atoms with Gasteiger partial charge in [-0.15, -0.1) is 0 Å². The monoisotopic (exact) mass is 575 g/mol. The lowest BCUT2D eigenvalue weighted by Gasteiger charge is -2.36. The summed E-state index contributed by atoms with van der Waals surface area (Å²) in [7, 11) is 1.51. The van der Waals surface area contributed by atoms with E-state index in [-0.39, 0.29) is 31.5 Å². The molecule has 1 aromatic carbocycles. The van der Waals surface area contributed by atoms with E-state index in [1.54, 1.807) is 30.3 Å². The summed E-state index contributed by atoms with van der Waals surface area (Å²) in [5, 5.41) is 0. The maximum Gasteiger partial charge on any atom is 0.389 e. The van der Waals surface area contributed by atoms with E-state index in [1.165, 1.54) is 31.7 Å². The third kappa shape index (κ3) is 10.2. The van der Waals surface area contributed by atoms with Crippen LogP contribution in [0.2, 0.25) is 0 Å². The molecule has 9 heteroatoms. The molecule has 1 aromatic heterocycles. The largest absolute Gasteiger partial charge is 0.497 e. The molecule has 1 aliphatic carbocycles. The van der Waals surface area contributed by atoms with Crippen LogP contribution in [0.4, 0.5) is 13.2 Å². The number of esters is 2. The maximum atomic E-state index is 13.5. The lowest BCUT2D eigenvalue weighted by molar-refractivity contribution is -0.149. The van der Waals surface area contributed by atoms with Gasteiger partial charge in [0, 0.05) is 18.5 Å². The topological polar surface area (TPSA) is 74.7 Å². The number of rotatable bonds is 12. The number of halogens is 3. The van der Waals surface area contributed by atoms with Crippen molar-refractivity contribution in [2.24, 2.45) is 17.8 Å². The number of aromatic nitrogens is 1. The molecule has 0 spiro atoms. The summed E-state index contributed by atoms with van der Waals surface area (Å²) in [6.07, 6.45) is 3.28. The van der Waals surface area contributed by atoms with Crippen LogP contribution in [0.5, 0.6) is 5.75 Å². The van der Waals surface area contributed by atoms with Gasteiger partial charge in [-0.3, -0.25) is 4.98 Å². The molecule has 6 nitrogen and oxygen atoms in total. The first-order valence-electron chi connectivity index (χ1n) is 14.2. The molecule has 0 saturated heterocycles. The van der Waals surface area contributed by atoms with Crippen molar-refractivity contribution in [3.05, 3.63) is 65.5 Å². The molecule has 41 heavy (non-hydrogen) atoms. The van der Waals surface area contributed by atoms with Crippen LogP contribution in [0.25, 0.3) is 6.08 Å². The Kier molecular flexibility index (Phi) is 11.8. The molecule has 0 radical (unpaired) electrons. The molecule has 2 aromatic rings. The van der Waals surface area contributed by atoms with Gasteiger partial charge in [-0.05, 0) is 96.9 Å². The van der Waals surface area contributed by atoms with E-state index in [4.69, 9.17) is 14.2 Å². The third-order valence-electron chi connectivity index (χ3n) is 7.69. The number of ether oxygens (including phenoxy) is 3. The van der Waals surface area contributed by atoms with Gasteiger partial charge in [0.05, 0.1) is 25.7 Å². The molecule has 0 amide bonds. The van der Waals surface area contributed by atoms with E-state index in [0.717, 1.165) is 19.3 Å². The number of carbonyl (C=O) groups is 2. The summed E-state index contributed by atoms with van der Waals surface area (Å²) in [4.78, 5) is 29.1. The molecule has 1 saturated carbocycles. The van der Waals surface area contributed by atoms with E-state index in [1.807, 2.05) is 0 Å².